The van der Waals surface area contributed by atoms with Gasteiger partial charge in [-0.1, -0.05) is 24.3 Å². The quantitative estimate of drug-likeness (QED) is 0.895. The Balaban J connectivity index is 1.94. The minimum absolute atomic E-state index is 0.0256. The maximum Gasteiger partial charge on any atom is 0.317 e. The molecule has 5 heteroatoms. The van der Waals surface area contributed by atoms with Crippen LogP contribution in [0.25, 0.3) is 0 Å². The van der Waals surface area contributed by atoms with Crippen molar-refractivity contribution in [2.75, 3.05) is 6.54 Å². The fourth-order valence-electron chi connectivity index (χ4n) is 2.76. The third-order valence-electron chi connectivity index (χ3n) is 3.99. The van der Waals surface area contributed by atoms with Gasteiger partial charge in [-0.05, 0) is 37.3 Å². The number of carbonyl (C=O) groups is 2. The van der Waals surface area contributed by atoms with Crippen molar-refractivity contribution < 1.29 is 14.7 Å². The number of aliphatic carboxylic acids is 1. The number of nitrogens with one attached hydrogen (secondary N) is 1. The van der Waals surface area contributed by atoms with Crippen LogP contribution in [0.4, 0.5) is 4.79 Å². The standard InChI is InChI=1S/C16H22N2O3/c1-12-6-2-3-7-13(12)11-17-16(21)18-9-5-4-8-14(18)10-15(19)20/h2-3,6-7,14H,4-5,8-11H2,1H3,(H,17,21)(H,19,20). The molecule has 1 unspecified atom stereocenters. The second-order valence-electron chi connectivity index (χ2n) is 5.53. The van der Waals surface area contributed by atoms with Crippen molar-refractivity contribution >= 4 is 12.0 Å². The molecule has 2 N–H and O–H groups in total. The van der Waals surface area contributed by atoms with Gasteiger partial charge in [0.05, 0.1) is 6.42 Å². The van der Waals surface area contributed by atoms with Crippen molar-refractivity contribution in [2.45, 2.75) is 45.2 Å². The number of amides is 2. The molecule has 2 rings (SSSR count). The van der Waals surface area contributed by atoms with Crippen molar-refractivity contribution in [3.63, 3.8) is 0 Å². The van der Waals surface area contributed by atoms with E-state index < -0.39 is 5.97 Å². The summed E-state index contributed by atoms with van der Waals surface area (Å²) in [5.41, 5.74) is 2.22. The Bertz CT molecular complexity index is 516. The summed E-state index contributed by atoms with van der Waals surface area (Å²) < 4.78 is 0. The van der Waals surface area contributed by atoms with Gasteiger partial charge in [-0.15, -0.1) is 0 Å². The molecule has 1 aliphatic heterocycles. The van der Waals surface area contributed by atoms with E-state index in [1.165, 1.54) is 0 Å². The molecular weight excluding hydrogens is 268 g/mol. The highest BCUT2D eigenvalue weighted by atomic mass is 16.4. The monoisotopic (exact) mass is 290 g/mol. The number of benzene rings is 1. The number of nitrogens with zero attached hydrogens (tertiary/aromatic N) is 1. The summed E-state index contributed by atoms with van der Waals surface area (Å²) in [6, 6.07) is 7.56. The molecule has 5 nitrogen and oxygen atoms in total. The lowest BCUT2D eigenvalue weighted by Crippen LogP contribution is -2.49. The first-order valence-electron chi connectivity index (χ1n) is 7.38. The first-order chi connectivity index (χ1) is 10.1. The van der Waals surface area contributed by atoms with Crippen LogP contribution in [-0.2, 0) is 11.3 Å². The van der Waals surface area contributed by atoms with E-state index in [-0.39, 0.29) is 18.5 Å². The fourth-order valence-corrected chi connectivity index (χ4v) is 2.76. The fraction of sp³-hybridized carbons (Fsp3) is 0.500. The Kier molecular flexibility index (Phi) is 5.20. The summed E-state index contributed by atoms with van der Waals surface area (Å²) >= 11 is 0. The third-order valence-corrected chi connectivity index (χ3v) is 3.99. The molecule has 0 spiro atoms. The second kappa shape index (κ2) is 7.11. The molecule has 1 atom stereocenters. The van der Waals surface area contributed by atoms with Crippen LogP contribution in [0.15, 0.2) is 24.3 Å². The zero-order valence-corrected chi connectivity index (χ0v) is 12.3. The van der Waals surface area contributed by atoms with Gasteiger partial charge in [0.25, 0.3) is 0 Å². The smallest absolute Gasteiger partial charge is 0.317 e. The Morgan fingerprint density at radius 2 is 2.10 bits per heavy atom. The molecule has 0 bridgehead atoms. The minimum Gasteiger partial charge on any atom is -0.481 e. The lowest BCUT2D eigenvalue weighted by Gasteiger charge is -2.35. The molecule has 1 aromatic rings. The molecule has 2 amide bonds. The van der Waals surface area contributed by atoms with E-state index in [2.05, 4.69) is 5.32 Å². The number of hydrogen-bond donors (Lipinski definition) is 2. The predicted octanol–water partition coefficient (Wildman–Crippen LogP) is 2.53. The van der Waals surface area contributed by atoms with E-state index in [0.29, 0.717) is 13.1 Å². The normalized spacial score (nSPS) is 18.3. The van der Waals surface area contributed by atoms with E-state index in [0.717, 1.165) is 30.4 Å². The molecule has 1 aromatic carbocycles. The number of hydrogen-bond acceptors (Lipinski definition) is 2. The average Bonchev–Trinajstić information content (AvgIpc) is 2.46. The summed E-state index contributed by atoms with van der Waals surface area (Å²) in [7, 11) is 0. The van der Waals surface area contributed by atoms with Gasteiger partial charge in [0.2, 0.25) is 0 Å². The van der Waals surface area contributed by atoms with Crippen molar-refractivity contribution in [2.24, 2.45) is 0 Å². The number of likely N-dealkylation sites (tertiary alicyclic amines) is 1. The van der Waals surface area contributed by atoms with Crippen molar-refractivity contribution in [3.05, 3.63) is 35.4 Å². The summed E-state index contributed by atoms with van der Waals surface area (Å²) in [6.07, 6.45) is 2.72. The van der Waals surface area contributed by atoms with Gasteiger partial charge in [0.15, 0.2) is 0 Å². The molecule has 1 fully saturated rings. The van der Waals surface area contributed by atoms with Crippen LogP contribution < -0.4 is 5.32 Å². The molecule has 1 saturated heterocycles. The zero-order chi connectivity index (χ0) is 15.2. The Labute approximate surface area is 125 Å². The molecule has 0 saturated carbocycles. The van der Waals surface area contributed by atoms with E-state index in [1.807, 2.05) is 31.2 Å². The first kappa shape index (κ1) is 15.4. The summed E-state index contributed by atoms with van der Waals surface area (Å²) in [5, 5.41) is 11.9. The number of piperidine rings is 1. The molecule has 0 aromatic heterocycles. The lowest BCUT2D eigenvalue weighted by atomic mass is 10.00. The summed E-state index contributed by atoms with van der Waals surface area (Å²) in [6.45, 7) is 3.12. The number of urea groups is 1. The third kappa shape index (κ3) is 4.21. The average molecular weight is 290 g/mol. The molecule has 1 heterocycles. The van der Waals surface area contributed by atoms with Gasteiger partial charge in [-0.25, -0.2) is 4.79 Å². The van der Waals surface area contributed by atoms with E-state index in [4.69, 9.17) is 5.11 Å². The van der Waals surface area contributed by atoms with Gasteiger partial charge in [-0.3, -0.25) is 4.79 Å². The number of carboxylic acid groups (broad SMARTS) is 1. The highest BCUT2D eigenvalue weighted by Gasteiger charge is 2.28. The largest absolute Gasteiger partial charge is 0.481 e. The molecular formula is C16H22N2O3. The predicted molar refractivity (Wildman–Crippen MR) is 80.0 cm³/mol. The Morgan fingerprint density at radius 1 is 1.33 bits per heavy atom. The molecule has 1 aliphatic rings. The van der Waals surface area contributed by atoms with Crippen molar-refractivity contribution in [1.29, 1.82) is 0 Å². The topological polar surface area (TPSA) is 69.6 Å². The van der Waals surface area contributed by atoms with Crippen LogP contribution in [0.1, 0.15) is 36.8 Å². The maximum atomic E-state index is 12.3. The van der Waals surface area contributed by atoms with Gasteiger partial charge < -0.3 is 15.3 Å². The van der Waals surface area contributed by atoms with Crippen LogP contribution in [0.5, 0.6) is 0 Å². The van der Waals surface area contributed by atoms with Gasteiger partial charge in [-0.2, -0.15) is 0 Å². The van der Waals surface area contributed by atoms with Gasteiger partial charge in [0, 0.05) is 19.1 Å². The number of rotatable bonds is 4. The van der Waals surface area contributed by atoms with Crippen LogP contribution in [0.3, 0.4) is 0 Å². The number of aryl methyl sites for hydroxylation is 1. The number of carbonyl (C=O) groups excluding carboxylic acids is 1. The van der Waals surface area contributed by atoms with E-state index in [1.54, 1.807) is 4.90 Å². The Hall–Kier alpha value is -2.04. The Morgan fingerprint density at radius 3 is 2.81 bits per heavy atom. The molecule has 114 valence electrons. The van der Waals surface area contributed by atoms with E-state index in [9.17, 15) is 9.59 Å². The van der Waals surface area contributed by atoms with E-state index >= 15 is 0 Å². The lowest BCUT2D eigenvalue weighted by molar-refractivity contribution is -0.138. The second-order valence-corrected chi connectivity index (χ2v) is 5.53. The highest BCUT2D eigenvalue weighted by Crippen LogP contribution is 2.20. The molecule has 0 radical (unpaired) electrons. The maximum absolute atomic E-state index is 12.3. The van der Waals surface area contributed by atoms with Crippen LogP contribution in [0.2, 0.25) is 0 Å². The van der Waals surface area contributed by atoms with Crippen molar-refractivity contribution in [3.8, 4) is 0 Å². The van der Waals surface area contributed by atoms with Gasteiger partial charge in [0.1, 0.15) is 0 Å². The van der Waals surface area contributed by atoms with Gasteiger partial charge >= 0.3 is 12.0 Å². The summed E-state index contributed by atoms with van der Waals surface area (Å²) in [4.78, 5) is 24.9. The highest BCUT2D eigenvalue weighted by molar-refractivity contribution is 5.76. The van der Waals surface area contributed by atoms with Crippen molar-refractivity contribution in [1.82, 2.24) is 10.2 Å². The minimum atomic E-state index is -0.849. The molecule has 21 heavy (non-hydrogen) atoms. The van der Waals surface area contributed by atoms with Crippen LogP contribution in [-0.4, -0.2) is 34.6 Å². The SMILES string of the molecule is Cc1ccccc1CNC(=O)N1CCCCC1CC(=O)O. The summed E-state index contributed by atoms with van der Waals surface area (Å²) in [5.74, 6) is -0.849. The van der Waals surface area contributed by atoms with Crippen LogP contribution >= 0.6 is 0 Å². The van der Waals surface area contributed by atoms with Crippen LogP contribution in [0, 0.1) is 6.92 Å². The number of carboxylic acids is 1. The molecule has 0 aliphatic carbocycles. The zero-order valence-electron chi connectivity index (χ0n) is 12.3. The first-order valence-corrected chi connectivity index (χ1v) is 7.38.